The van der Waals surface area contributed by atoms with E-state index in [0.717, 1.165) is 11.3 Å². The number of anilines is 2. The fraction of sp³-hybridized carbons (Fsp3) is 0.227. The van der Waals surface area contributed by atoms with Crippen molar-refractivity contribution in [1.29, 1.82) is 0 Å². The summed E-state index contributed by atoms with van der Waals surface area (Å²) in [5, 5.41) is 5.60. The number of sulfone groups is 1. The fourth-order valence-corrected chi connectivity index (χ4v) is 6.48. The zero-order chi connectivity index (χ0) is 23.6. The molecule has 9 nitrogen and oxygen atoms in total. The van der Waals surface area contributed by atoms with Crippen LogP contribution in [0.1, 0.15) is 48.6 Å². The number of carbonyl (C=O) groups is 3. The highest BCUT2D eigenvalue weighted by atomic mass is 32.2. The van der Waals surface area contributed by atoms with Crippen LogP contribution >= 0.6 is 11.3 Å². The second-order valence-corrected chi connectivity index (χ2v) is 10.5. The number of benzene rings is 1. The van der Waals surface area contributed by atoms with E-state index in [1.807, 2.05) is 0 Å². The molecule has 172 valence electrons. The quantitative estimate of drug-likeness (QED) is 0.508. The summed E-state index contributed by atoms with van der Waals surface area (Å²) in [6, 6.07) is 9.37. The SMILES string of the molecule is CCOC(=O)c1c(NC(=O)c2cccc(NC(=O)c3ccco3)c2)sc2c1CCS(=O)(=O)C2. The summed E-state index contributed by atoms with van der Waals surface area (Å²) in [5.41, 5.74) is 1.41. The highest BCUT2D eigenvalue weighted by Gasteiger charge is 2.32. The average Bonchev–Trinajstić information content (AvgIpc) is 3.41. The maximum absolute atomic E-state index is 12.9. The van der Waals surface area contributed by atoms with Crippen molar-refractivity contribution >= 4 is 49.6 Å². The number of thiophene rings is 1. The van der Waals surface area contributed by atoms with Gasteiger partial charge in [0, 0.05) is 16.1 Å². The molecule has 0 saturated carbocycles. The van der Waals surface area contributed by atoms with E-state index in [1.165, 1.54) is 18.4 Å². The summed E-state index contributed by atoms with van der Waals surface area (Å²) in [5.74, 6) is -1.70. The number of hydrogen-bond acceptors (Lipinski definition) is 8. The van der Waals surface area contributed by atoms with Crippen LogP contribution in [0.5, 0.6) is 0 Å². The van der Waals surface area contributed by atoms with Gasteiger partial charge in [-0.1, -0.05) is 6.07 Å². The topological polar surface area (TPSA) is 132 Å². The van der Waals surface area contributed by atoms with Crippen LogP contribution in [0.15, 0.2) is 47.1 Å². The maximum atomic E-state index is 12.9. The third-order valence-electron chi connectivity index (χ3n) is 4.94. The Labute approximate surface area is 193 Å². The van der Waals surface area contributed by atoms with Gasteiger partial charge in [-0.25, -0.2) is 13.2 Å². The fourth-order valence-electron chi connectivity index (χ4n) is 3.44. The molecule has 2 aromatic heterocycles. The number of esters is 1. The van der Waals surface area contributed by atoms with Gasteiger partial charge in [-0.2, -0.15) is 0 Å². The van der Waals surface area contributed by atoms with Crippen LogP contribution in [0, 0.1) is 0 Å². The summed E-state index contributed by atoms with van der Waals surface area (Å²) in [6.45, 7) is 1.81. The predicted molar refractivity (Wildman–Crippen MR) is 123 cm³/mol. The second kappa shape index (κ2) is 9.20. The Morgan fingerprint density at radius 1 is 1.12 bits per heavy atom. The minimum Gasteiger partial charge on any atom is -0.462 e. The highest BCUT2D eigenvalue weighted by molar-refractivity contribution is 7.90. The van der Waals surface area contributed by atoms with Crippen LogP contribution in [-0.2, 0) is 26.7 Å². The van der Waals surface area contributed by atoms with Crippen molar-refractivity contribution in [3.05, 3.63) is 70.0 Å². The first kappa shape index (κ1) is 22.7. The lowest BCUT2D eigenvalue weighted by atomic mass is 10.1. The standard InChI is InChI=1S/C22H20N2O7S2/c1-2-30-22(27)18-15-8-10-33(28,29)12-17(15)32-21(18)24-19(25)13-5-3-6-14(11-13)23-20(26)16-7-4-9-31-16/h3-7,9,11H,2,8,10,12H2,1H3,(H,23,26)(H,24,25). The van der Waals surface area contributed by atoms with Crippen LogP contribution in [0.4, 0.5) is 10.7 Å². The van der Waals surface area contributed by atoms with Gasteiger partial charge in [-0.05, 0) is 49.2 Å². The molecular weight excluding hydrogens is 468 g/mol. The Morgan fingerprint density at radius 3 is 2.67 bits per heavy atom. The van der Waals surface area contributed by atoms with Crippen molar-refractivity contribution in [3.8, 4) is 0 Å². The molecule has 0 radical (unpaired) electrons. The third kappa shape index (κ3) is 4.99. The molecule has 0 spiro atoms. The van der Waals surface area contributed by atoms with E-state index < -0.39 is 27.6 Å². The van der Waals surface area contributed by atoms with Gasteiger partial charge in [0.2, 0.25) is 0 Å². The van der Waals surface area contributed by atoms with Crippen LogP contribution in [0.3, 0.4) is 0 Å². The number of furan rings is 1. The molecule has 0 atom stereocenters. The number of carbonyl (C=O) groups excluding carboxylic acids is 3. The largest absolute Gasteiger partial charge is 0.462 e. The Balaban J connectivity index is 1.59. The zero-order valence-corrected chi connectivity index (χ0v) is 19.2. The first-order valence-electron chi connectivity index (χ1n) is 10.1. The van der Waals surface area contributed by atoms with Gasteiger partial charge in [-0.3, -0.25) is 9.59 Å². The minimum absolute atomic E-state index is 0.0616. The average molecular weight is 489 g/mol. The first-order valence-corrected chi connectivity index (χ1v) is 12.7. The normalized spacial score (nSPS) is 14.2. The van der Waals surface area contributed by atoms with Gasteiger partial charge in [-0.15, -0.1) is 11.3 Å². The van der Waals surface area contributed by atoms with E-state index in [-0.39, 0.29) is 46.4 Å². The lowest BCUT2D eigenvalue weighted by molar-refractivity contribution is 0.0526. The van der Waals surface area contributed by atoms with Crippen molar-refractivity contribution < 1.29 is 32.0 Å². The molecule has 3 aromatic rings. The van der Waals surface area contributed by atoms with Crippen molar-refractivity contribution in [2.24, 2.45) is 0 Å². The molecule has 4 rings (SSSR count). The smallest absolute Gasteiger partial charge is 0.341 e. The van der Waals surface area contributed by atoms with Crippen LogP contribution < -0.4 is 10.6 Å². The van der Waals surface area contributed by atoms with E-state index in [0.29, 0.717) is 16.1 Å². The number of nitrogens with one attached hydrogen (secondary N) is 2. The van der Waals surface area contributed by atoms with E-state index in [4.69, 9.17) is 9.15 Å². The molecule has 1 aliphatic rings. The van der Waals surface area contributed by atoms with E-state index in [2.05, 4.69) is 10.6 Å². The Morgan fingerprint density at radius 2 is 1.94 bits per heavy atom. The molecular formula is C22H20N2O7S2. The highest BCUT2D eigenvalue weighted by Crippen LogP contribution is 2.38. The molecule has 0 unspecified atom stereocenters. The molecule has 11 heteroatoms. The summed E-state index contributed by atoms with van der Waals surface area (Å²) in [6.07, 6.45) is 1.57. The molecule has 33 heavy (non-hydrogen) atoms. The monoisotopic (exact) mass is 488 g/mol. The van der Waals surface area contributed by atoms with Gasteiger partial charge in [0.25, 0.3) is 11.8 Å². The van der Waals surface area contributed by atoms with Crippen molar-refractivity contribution in [1.82, 2.24) is 0 Å². The summed E-state index contributed by atoms with van der Waals surface area (Å²) in [4.78, 5) is 38.3. The first-order chi connectivity index (χ1) is 15.8. The van der Waals surface area contributed by atoms with E-state index in [1.54, 1.807) is 31.2 Å². The number of hydrogen-bond donors (Lipinski definition) is 2. The number of ether oxygens (including phenoxy) is 1. The molecule has 0 fully saturated rings. The summed E-state index contributed by atoms with van der Waals surface area (Å²) in [7, 11) is -3.26. The Bertz CT molecular complexity index is 1320. The van der Waals surface area contributed by atoms with Gasteiger partial charge in [0.1, 0.15) is 5.00 Å². The van der Waals surface area contributed by atoms with Crippen molar-refractivity contribution in [3.63, 3.8) is 0 Å². The van der Waals surface area contributed by atoms with Crippen molar-refractivity contribution in [2.75, 3.05) is 23.0 Å². The number of fused-ring (bicyclic) bond motifs is 1. The maximum Gasteiger partial charge on any atom is 0.341 e. The van der Waals surface area contributed by atoms with Gasteiger partial charge >= 0.3 is 5.97 Å². The molecule has 1 aromatic carbocycles. The minimum atomic E-state index is -3.26. The molecule has 0 saturated heterocycles. The summed E-state index contributed by atoms with van der Waals surface area (Å²) < 4.78 is 34.3. The van der Waals surface area contributed by atoms with Crippen LogP contribution in [0.25, 0.3) is 0 Å². The number of amides is 2. The molecule has 0 bridgehead atoms. The van der Waals surface area contributed by atoms with Gasteiger partial charge in [0.05, 0.1) is 29.9 Å². The van der Waals surface area contributed by atoms with Gasteiger partial charge < -0.3 is 19.8 Å². The van der Waals surface area contributed by atoms with Crippen LogP contribution in [0.2, 0.25) is 0 Å². The van der Waals surface area contributed by atoms with Crippen molar-refractivity contribution in [2.45, 2.75) is 19.1 Å². The molecule has 0 aliphatic carbocycles. The van der Waals surface area contributed by atoms with Crippen LogP contribution in [-0.4, -0.2) is 38.6 Å². The molecule has 2 amide bonds. The lowest BCUT2D eigenvalue weighted by Gasteiger charge is -2.13. The van der Waals surface area contributed by atoms with Gasteiger partial charge in [0.15, 0.2) is 15.6 Å². The molecule has 1 aliphatic heterocycles. The predicted octanol–water partition coefficient (Wildman–Crippen LogP) is 3.49. The lowest BCUT2D eigenvalue weighted by Crippen LogP contribution is -2.20. The van der Waals surface area contributed by atoms with E-state index >= 15 is 0 Å². The zero-order valence-electron chi connectivity index (χ0n) is 17.5. The third-order valence-corrected chi connectivity index (χ3v) is 7.82. The van der Waals surface area contributed by atoms with E-state index in [9.17, 15) is 22.8 Å². The number of rotatable bonds is 6. The Hall–Kier alpha value is -3.44. The molecule has 2 N–H and O–H groups in total. The summed E-state index contributed by atoms with van der Waals surface area (Å²) >= 11 is 1.06. The second-order valence-electron chi connectivity index (χ2n) is 7.24. The Kier molecular flexibility index (Phi) is 6.34. The molecule has 3 heterocycles.